The van der Waals surface area contributed by atoms with E-state index in [4.69, 9.17) is 16.3 Å². The van der Waals surface area contributed by atoms with Crippen LogP contribution < -0.4 is 9.64 Å². The van der Waals surface area contributed by atoms with E-state index in [-0.39, 0.29) is 5.91 Å². The molecule has 0 bridgehead atoms. The van der Waals surface area contributed by atoms with E-state index in [1.54, 1.807) is 12.1 Å². The van der Waals surface area contributed by atoms with Gasteiger partial charge < -0.3 is 14.5 Å². The average Bonchev–Trinajstić information content (AvgIpc) is 2.68. The Bertz CT molecular complexity index is 801. The average molecular weight is 387 g/mol. The highest BCUT2D eigenvalue weighted by Gasteiger charge is 2.28. The molecule has 0 aromatic heterocycles. The van der Waals surface area contributed by atoms with Gasteiger partial charge in [0.05, 0.1) is 0 Å². The molecule has 144 valence electrons. The van der Waals surface area contributed by atoms with Gasteiger partial charge in [0.25, 0.3) is 5.91 Å². The first-order valence-corrected chi connectivity index (χ1v) is 9.89. The van der Waals surface area contributed by atoms with Crippen LogP contribution in [0.15, 0.2) is 42.5 Å². The second-order valence-corrected chi connectivity index (χ2v) is 7.44. The summed E-state index contributed by atoms with van der Waals surface area (Å²) in [5.41, 5.74) is 3.88. The summed E-state index contributed by atoms with van der Waals surface area (Å²) >= 11 is 6.02. The predicted molar refractivity (Wildman–Crippen MR) is 111 cm³/mol. The van der Waals surface area contributed by atoms with Crippen molar-refractivity contribution in [2.75, 3.05) is 31.1 Å². The van der Waals surface area contributed by atoms with Gasteiger partial charge >= 0.3 is 0 Å². The molecule has 0 aliphatic carbocycles. The van der Waals surface area contributed by atoms with Crippen molar-refractivity contribution in [1.82, 2.24) is 4.90 Å². The lowest BCUT2D eigenvalue weighted by molar-refractivity contribution is -0.139. The molecule has 3 rings (SSSR count). The number of rotatable bonds is 5. The van der Waals surface area contributed by atoms with Crippen molar-refractivity contribution in [1.29, 1.82) is 0 Å². The quantitative estimate of drug-likeness (QED) is 0.760. The highest BCUT2D eigenvalue weighted by Crippen LogP contribution is 2.25. The first-order valence-electron chi connectivity index (χ1n) is 9.51. The summed E-state index contributed by atoms with van der Waals surface area (Å²) in [6.45, 7) is 9.36. The van der Waals surface area contributed by atoms with Gasteiger partial charge in [-0.2, -0.15) is 0 Å². The number of hydrogen-bond acceptors (Lipinski definition) is 3. The number of carbonyl (C=O) groups excluding carboxylic acids is 1. The molecule has 1 saturated heterocycles. The van der Waals surface area contributed by atoms with Gasteiger partial charge in [-0.3, -0.25) is 4.79 Å². The Hall–Kier alpha value is -2.20. The highest BCUT2D eigenvalue weighted by atomic mass is 35.5. The van der Waals surface area contributed by atoms with Crippen LogP contribution in [-0.4, -0.2) is 43.1 Å². The molecule has 0 saturated carbocycles. The molecule has 5 heteroatoms. The maximum Gasteiger partial charge on any atom is 0.263 e. The molecule has 1 amide bonds. The zero-order valence-corrected chi connectivity index (χ0v) is 17.0. The Labute approximate surface area is 166 Å². The summed E-state index contributed by atoms with van der Waals surface area (Å²) in [6.07, 6.45) is 0.151. The number of benzene rings is 2. The maximum atomic E-state index is 12.9. The Morgan fingerprint density at radius 1 is 1.11 bits per heavy atom. The Balaban J connectivity index is 1.62. The van der Waals surface area contributed by atoms with E-state index in [0.29, 0.717) is 30.3 Å². The maximum absolute atomic E-state index is 12.9. The Morgan fingerprint density at radius 2 is 1.81 bits per heavy atom. The van der Waals surface area contributed by atoms with Gasteiger partial charge in [-0.15, -0.1) is 0 Å². The van der Waals surface area contributed by atoms with Gasteiger partial charge in [-0.25, -0.2) is 0 Å². The molecular formula is C22H27ClN2O2. The number of anilines is 1. The van der Waals surface area contributed by atoms with E-state index in [1.807, 2.05) is 24.0 Å². The van der Waals surface area contributed by atoms with E-state index < -0.39 is 6.10 Å². The first kappa shape index (κ1) is 19.6. The topological polar surface area (TPSA) is 32.8 Å². The molecule has 1 aliphatic rings. The molecule has 4 nitrogen and oxygen atoms in total. The number of amides is 1. The Morgan fingerprint density at radius 3 is 2.48 bits per heavy atom. The van der Waals surface area contributed by atoms with Gasteiger partial charge in [0, 0.05) is 36.9 Å². The molecule has 0 N–H and O–H groups in total. The third-order valence-electron chi connectivity index (χ3n) is 5.23. The summed E-state index contributed by atoms with van der Waals surface area (Å²) in [6, 6.07) is 13.6. The molecule has 0 spiro atoms. The lowest BCUT2D eigenvalue weighted by Crippen LogP contribution is -2.52. The van der Waals surface area contributed by atoms with Crippen molar-refractivity contribution in [3.8, 4) is 5.75 Å². The lowest BCUT2D eigenvalue weighted by atomic mass is 10.1. The van der Waals surface area contributed by atoms with Crippen LogP contribution in [0, 0.1) is 13.8 Å². The number of aryl methyl sites for hydroxylation is 1. The second-order valence-electron chi connectivity index (χ2n) is 7.00. The van der Waals surface area contributed by atoms with Gasteiger partial charge in [0.15, 0.2) is 6.10 Å². The molecule has 1 heterocycles. The van der Waals surface area contributed by atoms with Gasteiger partial charge in [0.2, 0.25) is 0 Å². The smallest absolute Gasteiger partial charge is 0.263 e. The summed E-state index contributed by atoms with van der Waals surface area (Å²) in [5, 5.41) is 0.608. The van der Waals surface area contributed by atoms with Gasteiger partial charge in [0.1, 0.15) is 5.75 Å². The third kappa shape index (κ3) is 4.56. The van der Waals surface area contributed by atoms with Crippen LogP contribution in [0.3, 0.4) is 0 Å². The van der Waals surface area contributed by atoms with Crippen molar-refractivity contribution in [2.45, 2.75) is 33.3 Å². The van der Waals surface area contributed by atoms with Crippen LogP contribution in [0.4, 0.5) is 5.69 Å². The largest absolute Gasteiger partial charge is 0.481 e. The zero-order valence-electron chi connectivity index (χ0n) is 16.2. The summed E-state index contributed by atoms with van der Waals surface area (Å²) in [5.74, 6) is 0.690. The van der Waals surface area contributed by atoms with Crippen molar-refractivity contribution >= 4 is 23.2 Å². The molecule has 1 aliphatic heterocycles. The summed E-state index contributed by atoms with van der Waals surface area (Å²) in [7, 11) is 0. The molecule has 27 heavy (non-hydrogen) atoms. The number of carbonyl (C=O) groups is 1. The monoisotopic (exact) mass is 386 g/mol. The van der Waals surface area contributed by atoms with Crippen LogP contribution in [-0.2, 0) is 4.79 Å². The normalized spacial score (nSPS) is 15.6. The van der Waals surface area contributed by atoms with Crippen molar-refractivity contribution in [2.24, 2.45) is 0 Å². The molecule has 0 unspecified atom stereocenters. The number of ether oxygens (including phenoxy) is 1. The molecule has 1 atom stereocenters. The number of nitrogens with zero attached hydrogens (tertiary/aromatic N) is 2. The second kappa shape index (κ2) is 8.66. The number of halogens is 1. The van der Waals surface area contributed by atoms with Crippen LogP contribution >= 0.6 is 11.6 Å². The standard InChI is InChI=1S/C22H27ClN2O2/c1-4-21(27-19-9-6-8-18(23)15-19)22(26)25-13-11-24(12-14-25)20-10-5-7-16(2)17(20)3/h5-10,15,21H,4,11-14H2,1-3H3/t21-/m1/s1. The molecule has 1 fully saturated rings. The van der Waals surface area contributed by atoms with E-state index in [0.717, 1.165) is 13.1 Å². The fourth-order valence-electron chi connectivity index (χ4n) is 3.46. The van der Waals surface area contributed by atoms with Crippen LogP contribution in [0.1, 0.15) is 24.5 Å². The van der Waals surface area contributed by atoms with E-state index >= 15 is 0 Å². The summed E-state index contributed by atoms with van der Waals surface area (Å²) < 4.78 is 5.92. The predicted octanol–water partition coefficient (Wildman–Crippen LogP) is 4.46. The summed E-state index contributed by atoms with van der Waals surface area (Å²) in [4.78, 5) is 17.2. The van der Waals surface area contributed by atoms with E-state index in [9.17, 15) is 4.79 Å². The molecule has 2 aromatic carbocycles. The third-order valence-corrected chi connectivity index (χ3v) is 5.46. The molecular weight excluding hydrogens is 360 g/mol. The van der Waals surface area contributed by atoms with Gasteiger partial charge in [-0.1, -0.05) is 36.7 Å². The molecule has 2 aromatic rings. The minimum absolute atomic E-state index is 0.0538. The van der Waals surface area contributed by atoms with E-state index in [2.05, 4.69) is 36.9 Å². The Kier molecular flexibility index (Phi) is 6.27. The van der Waals surface area contributed by atoms with Crippen LogP contribution in [0.2, 0.25) is 5.02 Å². The van der Waals surface area contributed by atoms with Crippen molar-refractivity contribution in [3.05, 3.63) is 58.6 Å². The minimum atomic E-state index is -0.476. The number of hydrogen-bond donors (Lipinski definition) is 0. The van der Waals surface area contributed by atoms with Gasteiger partial charge in [-0.05, 0) is 55.7 Å². The fraction of sp³-hybridized carbons (Fsp3) is 0.409. The zero-order chi connectivity index (χ0) is 19.4. The lowest BCUT2D eigenvalue weighted by Gasteiger charge is -2.38. The fourth-order valence-corrected chi connectivity index (χ4v) is 3.64. The van der Waals surface area contributed by atoms with Crippen LogP contribution in [0.25, 0.3) is 0 Å². The highest BCUT2D eigenvalue weighted by molar-refractivity contribution is 6.30. The first-order chi connectivity index (χ1) is 13.0. The van der Waals surface area contributed by atoms with Crippen molar-refractivity contribution in [3.63, 3.8) is 0 Å². The molecule has 0 radical (unpaired) electrons. The SMILES string of the molecule is CC[C@@H](Oc1cccc(Cl)c1)C(=O)N1CCN(c2cccc(C)c2C)CC1. The van der Waals surface area contributed by atoms with E-state index in [1.165, 1.54) is 16.8 Å². The minimum Gasteiger partial charge on any atom is -0.481 e. The van der Waals surface area contributed by atoms with Crippen molar-refractivity contribution < 1.29 is 9.53 Å². The number of piperazine rings is 1. The van der Waals surface area contributed by atoms with Crippen LogP contribution in [0.5, 0.6) is 5.75 Å².